The zero-order valence-corrected chi connectivity index (χ0v) is 12.3. The number of rotatable bonds is 3. The molecule has 3 rings (SSSR count). The van der Waals surface area contributed by atoms with E-state index in [9.17, 15) is 4.79 Å². The summed E-state index contributed by atoms with van der Waals surface area (Å²) in [7, 11) is 0. The lowest BCUT2D eigenvalue weighted by Crippen LogP contribution is -2.16. The summed E-state index contributed by atoms with van der Waals surface area (Å²) in [5.41, 5.74) is 1.89. The van der Waals surface area contributed by atoms with Crippen molar-refractivity contribution in [3.8, 4) is 5.69 Å². The minimum absolute atomic E-state index is 0.321. The fourth-order valence-corrected chi connectivity index (χ4v) is 2.05. The van der Waals surface area contributed by atoms with Crippen molar-refractivity contribution in [3.05, 3.63) is 59.0 Å². The Hall–Kier alpha value is -2.80. The minimum Gasteiger partial charge on any atom is -0.306 e. The van der Waals surface area contributed by atoms with Crippen molar-refractivity contribution >= 4 is 23.3 Å². The minimum atomic E-state index is -0.321. The van der Waals surface area contributed by atoms with E-state index in [1.807, 2.05) is 13.0 Å². The first-order valence-electron chi connectivity index (χ1n) is 6.40. The van der Waals surface area contributed by atoms with Crippen molar-refractivity contribution in [3.63, 3.8) is 0 Å². The molecule has 110 valence electrons. The van der Waals surface area contributed by atoms with Gasteiger partial charge in [-0.25, -0.2) is 4.98 Å². The number of hydrogen-bond acceptors (Lipinski definition) is 5. The lowest BCUT2D eigenvalue weighted by molar-refractivity contribution is 0.102. The molecule has 0 radical (unpaired) electrons. The third-order valence-electron chi connectivity index (χ3n) is 2.95. The number of benzene rings is 1. The van der Waals surface area contributed by atoms with Gasteiger partial charge in [0.05, 0.1) is 11.3 Å². The second kappa shape index (κ2) is 5.90. The predicted molar refractivity (Wildman–Crippen MR) is 81.1 cm³/mol. The highest BCUT2D eigenvalue weighted by atomic mass is 35.5. The van der Waals surface area contributed by atoms with Gasteiger partial charge < -0.3 is 5.32 Å². The van der Waals surface area contributed by atoms with Crippen LogP contribution in [0.3, 0.4) is 0 Å². The third kappa shape index (κ3) is 2.94. The Bertz CT molecular complexity index is 801. The molecule has 0 saturated heterocycles. The zero-order valence-electron chi connectivity index (χ0n) is 11.6. The summed E-state index contributed by atoms with van der Waals surface area (Å²) >= 11 is 5.99. The van der Waals surface area contributed by atoms with Gasteiger partial charge in [0.15, 0.2) is 0 Å². The quantitative estimate of drug-likeness (QED) is 0.801. The van der Waals surface area contributed by atoms with Gasteiger partial charge >= 0.3 is 0 Å². The van der Waals surface area contributed by atoms with Crippen LogP contribution in [0.4, 0.5) is 5.82 Å². The van der Waals surface area contributed by atoms with Gasteiger partial charge in [-0.1, -0.05) is 17.7 Å². The summed E-state index contributed by atoms with van der Waals surface area (Å²) in [5.74, 6) is 0.145. The number of nitrogens with one attached hydrogen (secondary N) is 1. The summed E-state index contributed by atoms with van der Waals surface area (Å²) in [6.45, 7) is 1.92. The number of aromatic nitrogens is 5. The second-order valence-electron chi connectivity index (χ2n) is 4.59. The lowest BCUT2D eigenvalue weighted by Gasteiger charge is -2.09. The van der Waals surface area contributed by atoms with Crippen molar-refractivity contribution in [1.29, 1.82) is 0 Å². The van der Waals surface area contributed by atoms with Gasteiger partial charge in [-0.15, -0.1) is 5.10 Å². The first-order chi connectivity index (χ1) is 10.6. The SMILES string of the molecule is Cc1ccc(NC(=O)c2ccc(Cl)cc2-n2cnnn2)nc1. The average Bonchev–Trinajstić information content (AvgIpc) is 3.03. The largest absolute Gasteiger partial charge is 0.306 e. The topological polar surface area (TPSA) is 85.6 Å². The first-order valence-corrected chi connectivity index (χ1v) is 6.78. The number of carbonyl (C=O) groups excluding carboxylic acids is 1. The maximum absolute atomic E-state index is 12.5. The number of amides is 1. The van der Waals surface area contributed by atoms with Crippen LogP contribution in [0.1, 0.15) is 15.9 Å². The van der Waals surface area contributed by atoms with Crippen molar-refractivity contribution in [2.75, 3.05) is 5.32 Å². The molecule has 3 aromatic rings. The Morgan fingerprint density at radius 1 is 1.27 bits per heavy atom. The lowest BCUT2D eigenvalue weighted by atomic mass is 10.1. The monoisotopic (exact) mass is 314 g/mol. The molecule has 0 aliphatic carbocycles. The molecule has 2 heterocycles. The molecule has 0 aliphatic rings. The number of pyridine rings is 1. The number of carbonyl (C=O) groups is 1. The molecular formula is C14H11ClN6O. The smallest absolute Gasteiger partial charge is 0.259 e. The molecule has 1 N–H and O–H groups in total. The maximum atomic E-state index is 12.5. The van der Waals surface area contributed by atoms with Gasteiger partial charge in [0, 0.05) is 11.2 Å². The molecule has 0 bridgehead atoms. The molecule has 8 heteroatoms. The Morgan fingerprint density at radius 2 is 2.14 bits per heavy atom. The summed E-state index contributed by atoms with van der Waals surface area (Å²) in [6.07, 6.45) is 3.08. The van der Waals surface area contributed by atoms with Crippen molar-refractivity contribution < 1.29 is 4.79 Å². The van der Waals surface area contributed by atoms with E-state index in [0.717, 1.165) is 5.56 Å². The predicted octanol–water partition coefficient (Wildman–Crippen LogP) is 2.27. The van der Waals surface area contributed by atoms with E-state index in [0.29, 0.717) is 22.1 Å². The molecule has 0 saturated carbocycles. The third-order valence-corrected chi connectivity index (χ3v) is 3.19. The average molecular weight is 315 g/mol. The number of aryl methyl sites for hydroxylation is 1. The van der Waals surface area contributed by atoms with E-state index >= 15 is 0 Å². The Kier molecular flexibility index (Phi) is 3.80. The molecule has 7 nitrogen and oxygen atoms in total. The highest BCUT2D eigenvalue weighted by molar-refractivity contribution is 6.31. The van der Waals surface area contributed by atoms with Crippen LogP contribution in [0, 0.1) is 6.92 Å². The van der Waals surface area contributed by atoms with E-state index < -0.39 is 0 Å². The van der Waals surface area contributed by atoms with Crippen LogP contribution >= 0.6 is 11.6 Å². The van der Waals surface area contributed by atoms with Crippen LogP contribution in [0.5, 0.6) is 0 Å². The number of anilines is 1. The van der Waals surface area contributed by atoms with Gasteiger partial charge in [-0.05, 0) is 47.2 Å². The van der Waals surface area contributed by atoms with Gasteiger partial charge in [-0.3, -0.25) is 4.79 Å². The molecule has 1 amide bonds. The Labute approximate surface area is 130 Å². The second-order valence-corrected chi connectivity index (χ2v) is 5.03. The van der Waals surface area contributed by atoms with E-state index in [4.69, 9.17) is 11.6 Å². The number of halogens is 1. The summed E-state index contributed by atoms with van der Waals surface area (Å²) in [6, 6.07) is 8.47. The molecule has 0 unspecified atom stereocenters. The molecule has 0 aliphatic heterocycles. The summed E-state index contributed by atoms with van der Waals surface area (Å²) < 4.78 is 1.38. The number of nitrogens with zero attached hydrogens (tertiary/aromatic N) is 5. The summed E-state index contributed by atoms with van der Waals surface area (Å²) in [4.78, 5) is 16.6. The Morgan fingerprint density at radius 3 is 2.82 bits per heavy atom. The van der Waals surface area contributed by atoms with E-state index in [2.05, 4.69) is 25.8 Å². The molecule has 22 heavy (non-hydrogen) atoms. The van der Waals surface area contributed by atoms with Crippen LogP contribution in [-0.4, -0.2) is 31.1 Å². The molecule has 0 spiro atoms. The van der Waals surface area contributed by atoms with Gasteiger partial charge in [0.25, 0.3) is 5.91 Å². The van der Waals surface area contributed by atoms with E-state index in [1.165, 1.54) is 11.0 Å². The van der Waals surface area contributed by atoms with Crippen molar-refractivity contribution in [2.45, 2.75) is 6.92 Å². The summed E-state index contributed by atoms with van der Waals surface area (Å²) in [5, 5.41) is 14.1. The molecule has 1 aromatic carbocycles. The Balaban J connectivity index is 1.94. The maximum Gasteiger partial charge on any atom is 0.259 e. The van der Waals surface area contributed by atoms with Crippen LogP contribution in [0.15, 0.2) is 42.9 Å². The van der Waals surface area contributed by atoms with Crippen molar-refractivity contribution in [1.82, 2.24) is 25.2 Å². The van der Waals surface area contributed by atoms with Crippen LogP contribution in [-0.2, 0) is 0 Å². The van der Waals surface area contributed by atoms with Crippen LogP contribution in [0.25, 0.3) is 5.69 Å². The van der Waals surface area contributed by atoms with Crippen molar-refractivity contribution in [2.24, 2.45) is 0 Å². The van der Waals surface area contributed by atoms with Crippen LogP contribution < -0.4 is 5.32 Å². The highest BCUT2D eigenvalue weighted by Crippen LogP contribution is 2.20. The fraction of sp³-hybridized carbons (Fsp3) is 0.0714. The van der Waals surface area contributed by atoms with Gasteiger partial charge in [0.2, 0.25) is 0 Å². The standard InChI is InChI=1S/C14H11ClN6O/c1-9-2-5-13(16-7-9)18-14(22)11-4-3-10(15)6-12(11)21-8-17-19-20-21/h2-8H,1H3,(H,16,18,22). The normalized spacial score (nSPS) is 10.5. The first kappa shape index (κ1) is 14.2. The van der Waals surface area contributed by atoms with E-state index in [1.54, 1.807) is 30.5 Å². The molecule has 2 aromatic heterocycles. The molecule has 0 atom stereocenters. The van der Waals surface area contributed by atoms with Gasteiger partial charge in [-0.2, -0.15) is 4.68 Å². The zero-order chi connectivity index (χ0) is 15.5. The number of hydrogen-bond donors (Lipinski definition) is 1. The van der Waals surface area contributed by atoms with Gasteiger partial charge in [0.1, 0.15) is 12.1 Å². The van der Waals surface area contributed by atoms with E-state index in [-0.39, 0.29) is 5.91 Å². The van der Waals surface area contributed by atoms with Crippen LogP contribution in [0.2, 0.25) is 5.02 Å². The highest BCUT2D eigenvalue weighted by Gasteiger charge is 2.15. The molecular weight excluding hydrogens is 304 g/mol. The number of tetrazole rings is 1. The fourth-order valence-electron chi connectivity index (χ4n) is 1.88. The molecule has 0 fully saturated rings.